The SMILES string of the molecule is CC[C@@](C)(N)c1cnc(O[C@H](C)C[C@@H](C)S(C)(=O)=O)c2cnc(Nc3ccc4c(n3)C3(CC3)[C@@H](C)OC4=O)cc12. The number of nitrogens with zero attached hydrogens (tertiary/aromatic N) is 3. The number of aromatic nitrogens is 3. The van der Waals surface area contributed by atoms with Gasteiger partial charge in [-0.2, -0.15) is 0 Å². The van der Waals surface area contributed by atoms with Gasteiger partial charge in [-0.3, -0.25) is 0 Å². The molecule has 0 radical (unpaired) electrons. The third-order valence-corrected chi connectivity index (χ3v) is 10.1. The second kappa shape index (κ2) is 9.95. The van der Waals surface area contributed by atoms with Gasteiger partial charge in [0.05, 0.1) is 33.4 Å². The van der Waals surface area contributed by atoms with E-state index in [0.717, 1.165) is 29.5 Å². The number of nitrogens with two attached hydrogens (primary N) is 1. The molecule has 0 unspecified atom stereocenters. The first-order chi connectivity index (χ1) is 18.7. The molecule has 4 atom stereocenters. The van der Waals surface area contributed by atoms with E-state index >= 15 is 0 Å². The number of anilines is 2. The standard InChI is InChI=1S/C29H37N5O5S/c1-7-28(5,30)22-15-32-26(38-16(2)12-17(3)40(6,36)37)21-14-31-24(13-20(21)22)33-23-9-8-19-25(34-23)29(10-11-29)18(4)39-27(19)35/h8-9,13-18H,7,10-12,30H2,1-6H3,(H,31,33,34)/t16-,17-,18-,28-/m1/s1. The third-order valence-electron chi connectivity index (χ3n) is 8.49. The van der Waals surface area contributed by atoms with Crippen LogP contribution in [0.1, 0.15) is 81.9 Å². The van der Waals surface area contributed by atoms with E-state index in [4.69, 9.17) is 20.2 Å². The number of pyridine rings is 3. The summed E-state index contributed by atoms with van der Waals surface area (Å²) in [6.45, 7) is 9.40. The fourth-order valence-electron chi connectivity index (χ4n) is 5.31. The van der Waals surface area contributed by atoms with Gasteiger partial charge in [-0.1, -0.05) is 6.92 Å². The zero-order valence-corrected chi connectivity index (χ0v) is 24.6. The van der Waals surface area contributed by atoms with Gasteiger partial charge in [0, 0.05) is 30.6 Å². The van der Waals surface area contributed by atoms with Gasteiger partial charge in [0.15, 0.2) is 0 Å². The number of esters is 1. The van der Waals surface area contributed by atoms with Gasteiger partial charge in [0.2, 0.25) is 5.88 Å². The van der Waals surface area contributed by atoms with Crippen molar-refractivity contribution >= 4 is 38.2 Å². The maximum atomic E-state index is 12.4. The Morgan fingerprint density at radius 3 is 2.58 bits per heavy atom. The van der Waals surface area contributed by atoms with Crippen LogP contribution in [0.3, 0.4) is 0 Å². The Bertz CT molecular complexity index is 1590. The van der Waals surface area contributed by atoms with Crippen LogP contribution in [0.4, 0.5) is 11.6 Å². The lowest BCUT2D eigenvalue weighted by molar-refractivity contribution is 0.0183. The number of sulfone groups is 1. The quantitative estimate of drug-likeness (QED) is 0.353. The highest BCUT2D eigenvalue weighted by Gasteiger charge is 2.56. The van der Waals surface area contributed by atoms with Crippen LogP contribution >= 0.6 is 0 Å². The minimum atomic E-state index is -3.18. The Morgan fingerprint density at radius 2 is 1.93 bits per heavy atom. The molecule has 5 rings (SSSR count). The molecule has 0 aromatic carbocycles. The Morgan fingerprint density at radius 1 is 1.20 bits per heavy atom. The van der Waals surface area contributed by atoms with Crippen LogP contribution in [-0.4, -0.2) is 53.1 Å². The van der Waals surface area contributed by atoms with E-state index in [2.05, 4.69) is 15.3 Å². The number of fused-ring (bicyclic) bond motifs is 3. The van der Waals surface area contributed by atoms with Crippen molar-refractivity contribution in [2.75, 3.05) is 11.6 Å². The fraction of sp³-hybridized carbons (Fsp3) is 0.517. The van der Waals surface area contributed by atoms with Crippen molar-refractivity contribution in [3.05, 3.63) is 47.4 Å². The molecular formula is C29H37N5O5S. The number of hydrogen-bond donors (Lipinski definition) is 2. The van der Waals surface area contributed by atoms with Crippen molar-refractivity contribution < 1.29 is 22.7 Å². The van der Waals surface area contributed by atoms with Crippen LogP contribution in [0, 0.1) is 0 Å². The summed E-state index contributed by atoms with van der Waals surface area (Å²) >= 11 is 0. The number of cyclic esters (lactones) is 1. The van der Waals surface area contributed by atoms with E-state index in [1.54, 1.807) is 31.5 Å². The zero-order valence-electron chi connectivity index (χ0n) is 23.8. The predicted octanol–water partition coefficient (Wildman–Crippen LogP) is 4.53. The monoisotopic (exact) mass is 567 g/mol. The number of hydrogen-bond acceptors (Lipinski definition) is 10. The second-order valence-corrected chi connectivity index (χ2v) is 14.1. The molecule has 2 aliphatic rings. The van der Waals surface area contributed by atoms with E-state index in [1.165, 1.54) is 6.26 Å². The van der Waals surface area contributed by atoms with Crippen LogP contribution in [0.15, 0.2) is 30.6 Å². The summed E-state index contributed by atoms with van der Waals surface area (Å²) in [6, 6.07) is 5.41. The number of carbonyl (C=O) groups excluding carboxylic acids is 1. The third kappa shape index (κ3) is 5.12. The molecule has 1 aliphatic heterocycles. The molecule has 0 amide bonds. The summed E-state index contributed by atoms with van der Waals surface area (Å²) in [5, 5.41) is 4.26. The molecule has 214 valence electrons. The molecule has 0 bridgehead atoms. The van der Waals surface area contributed by atoms with Crippen molar-refractivity contribution in [1.29, 1.82) is 0 Å². The average Bonchev–Trinajstić information content (AvgIpc) is 3.69. The van der Waals surface area contributed by atoms with Gasteiger partial charge >= 0.3 is 5.97 Å². The lowest BCUT2D eigenvalue weighted by atomic mass is 9.88. The largest absolute Gasteiger partial charge is 0.474 e. The molecule has 11 heteroatoms. The van der Waals surface area contributed by atoms with Gasteiger partial charge in [0.25, 0.3) is 0 Å². The zero-order chi connectivity index (χ0) is 29.0. The lowest BCUT2D eigenvalue weighted by Crippen LogP contribution is -2.36. The van der Waals surface area contributed by atoms with Crippen molar-refractivity contribution in [3.63, 3.8) is 0 Å². The minimum Gasteiger partial charge on any atom is -0.474 e. The second-order valence-electron chi connectivity index (χ2n) is 11.6. The molecule has 1 fully saturated rings. The molecule has 3 N–H and O–H groups in total. The molecule has 0 saturated heterocycles. The summed E-state index contributed by atoms with van der Waals surface area (Å²) in [5.74, 6) is 1.17. The average molecular weight is 568 g/mol. The Balaban J connectivity index is 1.50. The molecule has 3 aromatic rings. The van der Waals surface area contributed by atoms with E-state index in [9.17, 15) is 13.2 Å². The van der Waals surface area contributed by atoms with Gasteiger partial charge < -0.3 is 20.5 Å². The van der Waals surface area contributed by atoms with E-state index in [1.807, 2.05) is 33.8 Å². The maximum absolute atomic E-state index is 12.4. The first-order valence-electron chi connectivity index (χ1n) is 13.7. The van der Waals surface area contributed by atoms with Gasteiger partial charge in [-0.15, -0.1) is 0 Å². The summed E-state index contributed by atoms with van der Waals surface area (Å²) in [6.07, 6.45) is 6.92. The van der Waals surface area contributed by atoms with E-state index < -0.39 is 20.6 Å². The molecule has 10 nitrogen and oxygen atoms in total. The Labute approximate surface area is 235 Å². The van der Waals surface area contributed by atoms with Gasteiger partial charge in [-0.25, -0.2) is 28.2 Å². The molecule has 1 spiro atoms. The topological polar surface area (TPSA) is 146 Å². The van der Waals surface area contributed by atoms with Crippen LogP contribution in [0.25, 0.3) is 10.8 Å². The summed E-state index contributed by atoms with van der Waals surface area (Å²) < 4.78 is 35.5. The highest BCUT2D eigenvalue weighted by molar-refractivity contribution is 7.91. The highest BCUT2D eigenvalue weighted by atomic mass is 32.2. The maximum Gasteiger partial charge on any atom is 0.340 e. The summed E-state index contributed by atoms with van der Waals surface area (Å²) in [5.41, 5.74) is 7.93. The Hall–Kier alpha value is -3.31. The van der Waals surface area contributed by atoms with E-state index in [0.29, 0.717) is 41.3 Å². The molecule has 1 saturated carbocycles. The van der Waals surface area contributed by atoms with Crippen molar-refractivity contribution in [3.8, 4) is 5.88 Å². The van der Waals surface area contributed by atoms with Crippen LogP contribution in [0.2, 0.25) is 0 Å². The highest BCUT2D eigenvalue weighted by Crippen LogP contribution is 2.54. The summed E-state index contributed by atoms with van der Waals surface area (Å²) in [7, 11) is -3.18. The van der Waals surface area contributed by atoms with Crippen molar-refractivity contribution in [2.45, 2.75) is 88.7 Å². The van der Waals surface area contributed by atoms with Crippen molar-refractivity contribution in [2.24, 2.45) is 5.73 Å². The number of carbonyl (C=O) groups is 1. The number of rotatable bonds is 9. The fourth-order valence-corrected chi connectivity index (χ4v) is 5.93. The summed E-state index contributed by atoms with van der Waals surface area (Å²) in [4.78, 5) is 26.5. The van der Waals surface area contributed by atoms with Gasteiger partial charge in [-0.05, 0) is 76.1 Å². The van der Waals surface area contributed by atoms with Gasteiger partial charge in [0.1, 0.15) is 27.6 Å². The molecule has 1 aliphatic carbocycles. The number of ether oxygens (including phenoxy) is 2. The first-order valence-corrected chi connectivity index (χ1v) is 15.6. The molecule has 3 aromatic heterocycles. The number of nitrogens with one attached hydrogen (secondary N) is 1. The lowest BCUT2D eigenvalue weighted by Gasteiger charge is -2.30. The predicted molar refractivity (Wildman–Crippen MR) is 154 cm³/mol. The smallest absolute Gasteiger partial charge is 0.340 e. The Kier molecular flexibility index (Phi) is 7.02. The molecular weight excluding hydrogens is 530 g/mol. The first kappa shape index (κ1) is 28.2. The molecule has 4 heterocycles. The van der Waals surface area contributed by atoms with Crippen LogP contribution in [0.5, 0.6) is 5.88 Å². The molecule has 40 heavy (non-hydrogen) atoms. The van der Waals surface area contributed by atoms with Crippen LogP contribution in [-0.2, 0) is 25.5 Å². The van der Waals surface area contributed by atoms with Crippen molar-refractivity contribution in [1.82, 2.24) is 15.0 Å². The van der Waals surface area contributed by atoms with E-state index in [-0.39, 0.29) is 23.6 Å². The van der Waals surface area contributed by atoms with Crippen LogP contribution < -0.4 is 15.8 Å². The normalized spacial score (nSPS) is 20.8. The minimum absolute atomic E-state index is 0.207.